The Morgan fingerprint density at radius 1 is 0.595 bits per heavy atom. The number of ether oxygens (including phenoxy) is 2. The monoisotopic (exact) mass is 490 g/mol. The second-order valence-corrected chi connectivity index (χ2v) is 10.8. The fraction of sp³-hybridized carbons (Fsp3) is 0.273. The summed E-state index contributed by atoms with van der Waals surface area (Å²) in [6.07, 6.45) is 0. The highest BCUT2D eigenvalue weighted by Crippen LogP contribution is 2.41. The number of benzene rings is 4. The molecule has 0 saturated carbocycles. The van der Waals surface area contributed by atoms with E-state index >= 15 is 0 Å². The molecule has 37 heavy (non-hydrogen) atoms. The van der Waals surface area contributed by atoms with Gasteiger partial charge in [0.2, 0.25) is 0 Å². The summed E-state index contributed by atoms with van der Waals surface area (Å²) < 4.78 is 12.5. The molecular formula is C33H34N2O2. The Labute approximate surface area is 220 Å². The quantitative estimate of drug-likeness (QED) is 0.299. The molecule has 0 bridgehead atoms. The second-order valence-electron chi connectivity index (χ2n) is 10.8. The van der Waals surface area contributed by atoms with Crippen molar-refractivity contribution in [3.05, 3.63) is 118 Å². The van der Waals surface area contributed by atoms with Crippen LogP contribution in [-0.2, 0) is 18.5 Å². The van der Waals surface area contributed by atoms with Gasteiger partial charge >= 0.3 is 0 Å². The lowest BCUT2D eigenvalue weighted by molar-refractivity contribution is 0.286. The van der Waals surface area contributed by atoms with Gasteiger partial charge in [0.15, 0.2) is 13.5 Å². The number of anilines is 2. The van der Waals surface area contributed by atoms with Crippen molar-refractivity contribution >= 4 is 11.4 Å². The molecule has 4 nitrogen and oxygen atoms in total. The smallest absolute Gasteiger partial charge is 0.161 e. The van der Waals surface area contributed by atoms with Gasteiger partial charge in [0, 0.05) is 41.0 Å². The normalized spacial score (nSPS) is 14.9. The van der Waals surface area contributed by atoms with E-state index in [1.807, 2.05) is 0 Å². The first-order valence-electron chi connectivity index (χ1n) is 13.0. The Morgan fingerprint density at radius 2 is 1.00 bits per heavy atom. The van der Waals surface area contributed by atoms with Crippen molar-refractivity contribution in [2.24, 2.45) is 0 Å². The molecule has 0 aliphatic carbocycles. The Bertz CT molecular complexity index is 1320. The number of hydrogen-bond donors (Lipinski definition) is 0. The lowest BCUT2D eigenvalue weighted by atomic mass is 9.75. The predicted molar refractivity (Wildman–Crippen MR) is 151 cm³/mol. The van der Waals surface area contributed by atoms with Crippen molar-refractivity contribution in [2.75, 3.05) is 23.3 Å². The lowest BCUT2D eigenvalue weighted by Crippen LogP contribution is -2.33. The largest absolute Gasteiger partial charge is 0.472 e. The first-order valence-corrected chi connectivity index (χ1v) is 13.0. The molecule has 0 radical (unpaired) electrons. The van der Waals surface area contributed by atoms with Crippen molar-refractivity contribution in [3.8, 4) is 11.5 Å². The molecule has 0 N–H and O–H groups in total. The minimum Gasteiger partial charge on any atom is -0.472 e. The molecule has 0 amide bonds. The second kappa shape index (κ2) is 9.19. The van der Waals surface area contributed by atoms with Gasteiger partial charge in [-0.25, -0.2) is 0 Å². The Balaban J connectivity index is 1.34. The van der Waals surface area contributed by atoms with E-state index in [4.69, 9.17) is 9.47 Å². The molecule has 0 atom stereocenters. The van der Waals surface area contributed by atoms with Crippen LogP contribution in [0.4, 0.5) is 11.4 Å². The number of rotatable bonds is 4. The summed E-state index contributed by atoms with van der Waals surface area (Å²) in [5, 5.41) is 0. The van der Waals surface area contributed by atoms with Crippen LogP contribution >= 0.6 is 0 Å². The van der Waals surface area contributed by atoms with E-state index in [-0.39, 0.29) is 5.41 Å². The summed E-state index contributed by atoms with van der Waals surface area (Å²) in [4.78, 5) is 4.58. The van der Waals surface area contributed by atoms with E-state index in [0.29, 0.717) is 13.5 Å². The lowest BCUT2D eigenvalue weighted by Gasteiger charge is -2.35. The maximum atomic E-state index is 6.25. The zero-order chi connectivity index (χ0) is 25.6. The van der Waals surface area contributed by atoms with Gasteiger partial charge < -0.3 is 19.3 Å². The standard InChI is InChI=1S/C33H34N2O2/c1-23-15-27(17-25-19-34(21-36-31(23)25)29-11-7-5-8-12-29)33(3,4)28-16-24(2)32-26(18-28)20-35(22-37-32)30-13-9-6-10-14-30/h5-18H,19-22H2,1-4H3. The minimum atomic E-state index is -0.177. The molecule has 2 aliphatic heterocycles. The highest BCUT2D eigenvalue weighted by Gasteiger charge is 2.30. The molecule has 4 aromatic rings. The maximum absolute atomic E-state index is 6.25. The van der Waals surface area contributed by atoms with Crippen LogP contribution in [0.5, 0.6) is 11.5 Å². The Hall–Kier alpha value is -3.92. The third-order valence-corrected chi connectivity index (χ3v) is 7.84. The first kappa shape index (κ1) is 23.5. The number of fused-ring (bicyclic) bond motifs is 2. The van der Waals surface area contributed by atoms with Gasteiger partial charge in [-0.2, -0.15) is 0 Å². The maximum Gasteiger partial charge on any atom is 0.161 e. The van der Waals surface area contributed by atoms with Crippen molar-refractivity contribution in [1.82, 2.24) is 0 Å². The average molecular weight is 491 g/mol. The van der Waals surface area contributed by atoms with E-state index in [0.717, 1.165) is 24.6 Å². The number of aryl methyl sites for hydroxylation is 2. The van der Waals surface area contributed by atoms with Crippen molar-refractivity contribution in [3.63, 3.8) is 0 Å². The minimum absolute atomic E-state index is 0.177. The van der Waals surface area contributed by atoms with Crippen LogP contribution in [0.15, 0.2) is 84.9 Å². The molecule has 2 aliphatic rings. The van der Waals surface area contributed by atoms with Gasteiger partial charge in [-0.1, -0.05) is 62.4 Å². The summed E-state index contributed by atoms with van der Waals surface area (Å²) in [6.45, 7) is 11.8. The molecule has 2 heterocycles. The Morgan fingerprint density at radius 3 is 1.41 bits per heavy atom. The predicted octanol–water partition coefficient (Wildman–Crippen LogP) is 7.34. The zero-order valence-corrected chi connectivity index (χ0v) is 22.1. The van der Waals surface area contributed by atoms with Gasteiger partial charge in [0.05, 0.1) is 0 Å². The summed E-state index contributed by atoms with van der Waals surface area (Å²) in [7, 11) is 0. The summed E-state index contributed by atoms with van der Waals surface area (Å²) >= 11 is 0. The summed E-state index contributed by atoms with van der Waals surface area (Å²) in [5.74, 6) is 2.06. The Kier molecular flexibility index (Phi) is 5.83. The average Bonchev–Trinajstić information content (AvgIpc) is 2.93. The van der Waals surface area contributed by atoms with Gasteiger partial charge in [0.1, 0.15) is 11.5 Å². The van der Waals surface area contributed by atoms with Gasteiger partial charge in [-0.3, -0.25) is 0 Å². The molecule has 188 valence electrons. The van der Waals surface area contributed by atoms with E-state index < -0.39 is 0 Å². The number of nitrogens with zero attached hydrogens (tertiary/aromatic N) is 2. The summed E-state index contributed by atoms with van der Waals surface area (Å²) in [6, 6.07) is 30.3. The van der Waals surface area contributed by atoms with Gasteiger partial charge in [-0.15, -0.1) is 0 Å². The highest BCUT2D eigenvalue weighted by atomic mass is 16.5. The van der Waals surface area contributed by atoms with Crippen LogP contribution in [0.3, 0.4) is 0 Å². The van der Waals surface area contributed by atoms with E-state index in [9.17, 15) is 0 Å². The molecule has 6 rings (SSSR count). The van der Waals surface area contributed by atoms with Crippen LogP contribution < -0.4 is 19.3 Å². The van der Waals surface area contributed by atoms with E-state index in [1.54, 1.807) is 0 Å². The molecule has 0 unspecified atom stereocenters. The molecule has 4 heteroatoms. The van der Waals surface area contributed by atoms with Gasteiger partial charge in [0.25, 0.3) is 0 Å². The number of para-hydroxylation sites is 2. The van der Waals surface area contributed by atoms with Crippen LogP contribution in [0.25, 0.3) is 0 Å². The molecule has 0 saturated heterocycles. The van der Waals surface area contributed by atoms with Crippen LogP contribution in [0, 0.1) is 13.8 Å². The highest BCUT2D eigenvalue weighted by molar-refractivity contribution is 5.57. The molecule has 0 fully saturated rings. The molecule has 0 spiro atoms. The fourth-order valence-corrected chi connectivity index (χ4v) is 5.63. The van der Waals surface area contributed by atoms with Crippen LogP contribution in [0.1, 0.15) is 47.2 Å². The molecule has 0 aromatic heterocycles. The topological polar surface area (TPSA) is 24.9 Å². The third-order valence-electron chi connectivity index (χ3n) is 7.84. The SMILES string of the molecule is Cc1cc(C(C)(C)c2cc(C)c3c(c2)CN(c2ccccc2)CO3)cc2c1OCN(c1ccccc1)C2. The van der Waals surface area contributed by atoms with E-state index in [2.05, 4.69) is 122 Å². The number of hydrogen-bond acceptors (Lipinski definition) is 4. The van der Waals surface area contributed by atoms with Crippen LogP contribution in [-0.4, -0.2) is 13.5 Å². The molecule has 4 aromatic carbocycles. The van der Waals surface area contributed by atoms with Crippen molar-refractivity contribution < 1.29 is 9.47 Å². The first-order chi connectivity index (χ1) is 17.9. The summed E-state index contributed by atoms with van der Waals surface area (Å²) in [5.41, 5.74) is 9.67. The van der Waals surface area contributed by atoms with Crippen LogP contribution in [0.2, 0.25) is 0 Å². The molecular weight excluding hydrogens is 456 g/mol. The third kappa shape index (κ3) is 4.31. The van der Waals surface area contributed by atoms with Crippen molar-refractivity contribution in [2.45, 2.75) is 46.2 Å². The van der Waals surface area contributed by atoms with E-state index in [1.165, 1.54) is 44.8 Å². The van der Waals surface area contributed by atoms with Gasteiger partial charge in [-0.05, 0) is 72.5 Å². The fourth-order valence-electron chi connectivity index (χ4n) is 5.63. The zero-order valence-electron chi connectivity index (χ0n) is 22.1. The van der Waals surface area contributed by atoms with Crippen molar-refractivity contribution in [1.29, 1.82) is 0 Å².